The minimum Gasteiger partial charge on any atom is -0.361 e. The molecule has 21 heavy (non-hydrogen) atoms. The van der Waals surface area contributed by atoms with Crippen molar-refractivity contribution in [1.82, 2.24) is 14.8 Å². The number of H-pyrrole nitrogens is 1. The van der Waals surface area contributed by atoms with Crippen molar-refractivity contribution in [2.24, 2.45) is 5.92 Å². The average molecular weight is 285 g/mol. The molecule has 0 atom stereocenters. The molecule has 1 saturated heterocycles. The second-order valence-corrected chi connectivity index (χ2v) is 6.28. The summed E-state index contributed by atoms with van der Waals surface area (Å²) in [4.78, 5) is 20.0. The van der Waals surface area contributed by atoms with Gasteiger partial charge in [-0.25, -0.2) is 0 Å². The van der Waals surface area contributed by atoms with Gasteiger partial charge in [-0.3, -0.25) is 4.79 Å². The Morgan fingerprint density at radius 3 is 2.76 bits per heavy atom. The first-order valence-corrected chi connectivity index (χ1v) is 7.64. The summed E-state index contributed by atoms with van der Waals surface area (Å²) in [5.74, 6) is 0.887. The smallest absolute Gasteiger partial charge is 0.253 e. The standard InChI is InChI=1S/C17H23N3O/c1-19(2)12-13-6-9-20(10-7-13)17(21)15-3-4-16-14(11-15)5-8-18-16/h3-5,8,11,13,18H,6-7,9-10,12H2,1-2H3. The van der Waals surface area contributed by atoms with Gasteiger partial charge in [-0.2, -0.15) is 0 Å². The van der Waals surface area contributed by atoms with E-state index in [0.29, 0.717) is 0 Å². The molecule has 1 amide bonds. The highest BCUT2D eigenvalue weighted by Crippen LogP contribution is 2.21. The Morgan fingerprint density at radius 2 is 2.05 bits per heavy atom. The molecule has 1 N–H and O–H groups in total. The zero-order chi connectivity index (χ0) is 14.8. The van der Waals surface area contributed by atoms with Crippen LogP contribution in [-0.2, 0) is 0 Å². The summed E-state index contributed by atoms with van der Waals surface area (Å²) in [6.07, 6.45) is 4.12. The summed E-state index contributed by atoms with van der Waals surface area (Å²) in [6, 6.07) is 7.91. The van der Waals surface area contributed by atoms with Crippen LogP contribution in [0.3, 0.4) is 0 Å². The number of aromatic amines is 1. The van der Waals surface area contributed by atoms with Gasteiger partial charge in [0, 0.05) is 42.3 Å². The van der Waals surface area contributed by atoms with Gasteiger partial charge in [0.25, 0.3) is 5.91 Å². The number of nitrogens with zero attached hydrogens (tertiary/aromatic N) is 2. The van der Waals surface area contributed by atoms with Crippen molar-refractivity contribution in [1.29, 1.82) is 0 Å². The van der Waals surface area contributed by atoms with Crippen molar-refractivity contribution < 1.29 is 4.79 Å². The highest BCUT2D eigenvalue weighted by molar-refractivity contribution is 5.98. The van der Waals surface area contributed by atoms with E-state index in [9.17, 15) is 4.79 Å². The molecule has 0 spiro atoms. The Hall–Kier alpha value is -1.81. The van der Waals surface area contributed by atoms with E-state index in [1.165, 1.54) is 0 Å². The molecule has 1 aromatic carbocycles. The van der Waals surface area contributed by atoms with Gasteiger partial charge in [0.2, 0.25) is 0 Å². The molecule has 0 unspecified atom stereocenters. The van der Waals surface area contributed by atoms with Crippen LogP contribution < -0.4 is 0 Å². The van der Waals surface area contributed by atoms with Crippen LogP contribution >= 0.6 is 0 Å². The first-order valence-electron chi connectivity index (χ1n) is 7.64. The maximum absolute atomic E-state index is 12.6. The minimum atomic E-state index is 0.168. The van der Waals surface area contributed by atoms with Crippen LogP contribution in [0.5, 0.6) is 0 Å². The quantitative estimate of drug-likeness (QED) is 0.941. The monoisotopic (exact) mass is 285 g/mol. The van der Waals surface area contributed by atoms with Gasteiger partial charge in [0.1, 0.15) is 0 Å². The number of carbonyl (C=O) groups is 1. The van der Waals surface area contributed by atoms with Gasteiger partial charge in [0.05, 0.1) is 0 Å². The number of amides is 1. The number of aromatic nitrogens is 1. The fraction of sp³-hybridized carbons (Fsp3) is 0.471. The molecule has 1 aromatic heterocycles. The van der Waals surface area contributed by atoms with Gasteiger partial charge in [-0.1, -0.05) is 0 Å². The van der Waals surface area contributed by atoms with E-state index >= 15 is 0 Å². The zero-order valence-corrected chi connectivity index (χ0v) is 12.8. The van der Waals surface area contributed by atoms with Crippen molar-refractivity contribution in [3.63, 3.8) is 0 Å². The molecule has 3 rings (SSSR count). The summed E-state index contributed by atoms with van der Waals surface area (Å²) in [5, 5.41) is 1.10. The Balaban J connectivity index is 1.66. The van der Waals surface area contributed by atoms with Crippen molar-refractivity contribution in [2.75, 3.05) is 33.7 Å². The Kier molecular flexibility index (Phi) is 3.97. The Bertz CT molecular complexity index is 624. The lowest BCUT2D eigenvalue weighted by molar-refractivity contribution is 0.0678. The van der Waals surface area contributed by atoms with Crippen LogP contribution in [0.4, 0.5) is 0 Å². The predicted molar refractivity (Wildman–Crippen MR) is 85.5 cm³/mol. The molecular weight excluding hydrogens is 262 g/mol. The van der Waals surface area contributed by atoms with Crippen molar-refractivity contribution >= 4 is 16.8 Å². The lowest BCUT2D eigenvalue weighted by Crippen LogP contribution is -2.40. The minimum absolute atomic E-state index is 0.168. The van der Waals surface area contributed by atoms with Crippen LogP contribution in [-0.4, -0.2) is 54.4 Å². The normalized spacial score (nSPS) is 16.8. The third-order valence-electron chi connectivity index (χ3n) is 4.33. The maximum atomic E-state index is 12.6. The maximum Gasteiger partial charge on any atom is 0.253 e. The van der Waals surface area contributed by atoms with Gasteiger partial charge < -0.3 is 14.8 Å². The van der Waals surface area contributed by atoms with Crippen molar-refractivity contribution in [3.8, 4) is 0 Å². The van der Waals surface area contributed by atoms with E-state index < -0.39 is 0 Å². The number of likely N-dealkylation sites (tertiary alicyclic amines) is 1. The van der Waals surface area contributed by atoms with E-state index in [0.717, 1.165) is 54.9 Å². The largest absolute Gasteiger partial charge is 0.361 e. The van der Waals surface area contributed by atoms with E-state index in [2.05, 4.69) is 24.0 Å². The van der Waals surface area contributed by atoms with Gasteiger partial charge in [-0.05, 0) is 57.1 Å². The van der Waals surface area contributed by atoms with Crippen LogP contribution in [0.1, 0.15) is 23.2 Å². The molecule has 4 heteroatoms. The molecule has 1 aliphatic rings. The summed E-state index contributed by atoms with van der Waals surface area (Å²) < 4.78 is 0. The molecule has 112 valence electrons. The average Bonchev–Trinajstić information content (AvgIpc) is 2.94. The Labute approximate surface area is 125 Å². The second-order valence-electron chi connectivity index (χ2n) is 6.28. The summed E-state index contributed by atoms with van der Waals surface area (Å²) >= 11 is 0. The number of rotatable bonds is 3. The van der Waals surface area contributed by atoms with Crippen LogP contribution in [0.15, 0.2) is 30.5 Å². The number of nitrogens with one attached hydrogen (secondary N) is 1. The van der Waals surface area contributed by atoms with Crippen LogP contribution in [0.25, 0.3) is 10.9 Å². The summed E-state index contributed by atoms with van der Waals surface area (Å²) in [5.41, 5.74) is 1.88. The molecule has 4 nitrogen and oxygen atoms in total. The molecule has 2 aromatic rings. The topological polar surface area (TPSA) is 39.3 Å². The number of piperidine rings is 1. The van der Waals surface area contributed by atoms with Crippen LogP contribution in [0, 0.1) is 5.92 Å². The number of carbonyl (C=O) groups excluding carboxylic acids is 1. The molecule has 0 aliphatic carbocycles. The third kappa shape index (κ3) is 3.10. The lowest BCUT2D eigenvalue weighted by atomic mass is 9.96. The molecule has 0 saturated carbocycles. The molecule has 0 bridgehead atoms. The summed E-state index contributed by atoms with van der Waals surface area (Å²) in [6.45, 7) is 2.88. The summed E-state index contributed by atoms with van der Waals surface area (Å²) in [7, 11) is 4.23. The molecule has 0 radical (unpaired) electrons. The molecule has 1 aliphatic heterocycles. The predicted octanol–water partition coefficient (Wildman–Crippen LogP) is 2.58. The number of hydrogen-bond acceptors (Lipinski definition) is 2. The molecular formula is C17H23N3O. The fourth-order valence-electron chi connectivity index (χ4n) is 3.20. The van der Waals surface area contributed by atoms with Gasteiger partial charge in [-0.15, -0.1) is 0 Å². The number of fused-ring (bicyclic) bond motifs is 1. The van der Waals surface area contributed by atoms with E-state index in [4.69, 9.17) is 0 Å². The number of hydrogen-bond donors (Lipinski definition) is 1. The Morgan fingerprint density at radius 1 is 1.29 bits per heavy atom. The first kappa shape index (κ1) is 14.1. The lowest BCUT2D eigenvalue weighted by Gasteiger charge is -2.33. The second kappa shape index (κ2) is 5.90. The van der Waals surface area contributed by atoms with Gasteiger partial charge in [0.15, 0.2) is 0 Å². The van der Waals surface area contributed by atoms with E-state index in [1.807, 2.05) is 35.4 Å². The third-order valence-corrected chi connectivity index (χ3v) is 4.33. The van der Waals surface area contributed by atoms with Crippen molar-refractivity contribution in [2.45, 2.75) is 12.8 Å². The molecule has 2 heterocycles. The van der Waals surface area contributed by atoms with Crippen molar-refractivity contribution in [3.05, 3.63) is 36.0 Å². The number of benzene rings is 1. The SMILES string of the molecule is CN(C)CC1CCN(C(=O)c2ccc3[nH]ccc3c2)CC1. The zero-order valence-electron chi connectivity index (χ0n) is 12.8. The first-order chi connectivity index (χ1) is 10.1. The van der Waals surface area contributed by atoms with E-state index in [1.54, 1.807) is 0 Å². The van der Waals surface area contributed by atoms with Gasteiger partial charge >= 0.3 is 0 Å². The highest BCUT2D eigenvalue weighted by atomic mass is 16.2. The van der Waals surface area contributed by atoms with Crippen LogP contribution in [0.2, 0.25) is 0 Å². The highest BCUT2D eigenvalue weighted by Gasteiger charge is 2.23. The van der Waals surface area contributed by atoms with E-state index in [-0.39, 0.29) is 5.91 Å². The fourth-order valence-corrected chi connectivity index (χ4v) is 3.20. The molecule has 1 fully saturated rings.